The van der Waals surface area contributed by atoms with Crippen molar-refractivity contribution in [2.45, 2.75) is 89.0 Å². The van der Waals surface area contributed by atoms with Crippen LogP contribution in [0.5, 0.6) is 0 Å². The first-order valence-electron chi connectivity index (χ1n) is 8.01. The lowest BCUT2D eigenvalue weighted by atomic mass is 10.3. The number of hydrogen-bond donors (Lipinski definition) is 0. The molecule has 0 saturated heterocycles. The van der Waals surface area contributed by atoms with E-state index in [0.717, 1.165) is 55.9 Å². The normalized spacial score (nSPS) is 12.9. The third-order valence-electron chi connectivity index (χ3n) is 3.75. The Morgan fingerprint density at radius 3 is 1.95 bits per heavy atom. The number of hydrogen-bond acceptors (Lipinski definition) is 0. The summed E-state index contributed by atoms with van der Waals surface area (Å²) in [6.07, 6.45) is 2.75. The van der Waals surface area contributed by atoms with Gasteiger partial charge in [0, 0.05) is 15.9 Å². The molecule has 0 aliphatic rings. The molecular formula is C14H31F3Si2. The molecule has 0 unspecified atom stereocenters. The highest BCUT2D eigenvalue weighted by Gasteiger charge is 2.31. The van der Waals surface area contributed by atoms with E-state index in [4.69, 9.17) is 0 Å². The second kappa shape index (κ2) is 12.0. The molecule has 19 heavy (non-hydrogen) atoms. The van der Waals surface area contributed by atoms with Crippen molar-refractivity contribution in [3.8, 4) is 0 Å². The largest absolute Gasteiger partial charge is 0.314 e. The maximum Gasteiger partial charge on any atom is 0.246 e. The second-order valence-electron chi connectivity index (χ2n) is 5.70. The maximum atomic E-state index is 14.8. The van der Waals surface area contributed by atoms with Crippen LogP contribution in [0, 0.1) is 0 Å². The molecule has 0 fully saturated rings. The van der Waals surface area contributed by atoms with Gasteiger partial charge in [-0.3, -0.25) is 0 Å². The molecular weight excluding hydrogens is 281 g/mol. The van der Waals surface area contributed by atoms with E-state index < -0.39 is 14.8 Å². The van der Waals surface area contributed by atoms with Gasteiger partial charge in [0.2, 0.25) is 14.8 Å². The van der Waals surface area contributed by atoms with Crippen molar-refractivity contribution in [1.82, 2.24) is 0 Å². The van der Waals surface area contributed by atoms with Crippen molar-refractivity contribution in [3.05, 3.63) is 0 Å². The summed E-state index contributed by atoms with van der Waals surface area (Å²) in [5.41, 5.74) is 0. The van der Waals surface area contributed by atoms with Crippen LogP contribution in [0.4, 0.5) is 12.9 Å². The van der Waals surface area contributed by atoms with Crippen LogP contribution in [0.3, 0.4) is 0 Å². The summed E-state index contributed by atoms with van der Waals surface area (Å²) in [7, 11) is -2.78. The van der Waals surface area contributed by atoms with Crippen LogP contribution in [-0.2, 0) is 0 Å². The lowest BCUT2D eigenvalue weighted by Crippen LogP contribution is -2.28. The van der Waals surface area contributed by atoms with E-state index in [1.54, 1.807) is 0 Å². The van der Waals surface area contributed by atoms with Crippen molar-refractivity contribution >= 4 is 17.9 Å². The molecule has 0 saturated carbocycles. The van der Waals surface area contributed by atoms with Crippen LogP contribution in [0.2, 0.25) is 30.2 Å². The first kappa shape index (κ1) is 19.2. The Kier molecular flexibility index (Phi) is 12.1. The van der Waals surface area contributed by atoms with E-state index in [9.17, 15) is 12.9 Å². The SMILES string of the molecule is CCCC[Si](F)(CCCC)CC[SiH2]CCCC(F)F. The van der Waals surface area contributed by atoms with Crippen molar-refractivity contribution in [2.24, 2.45) is 0 Å². The van der Waals surface area contributed by atoms with Crippen LogP contribution in [0.25, 0.3) is 0 Å². The van der Waals surface area contributed by atoms with E-state index in [0.29, 0.717) is 6.42 Å². The summed E-state index contributed by atoms with van der Waals surface area (Å²) >= 11 is 0. The zero-order chi connectivity index (χ0) is 14.6. The van der Waals surface area contributed by atoms with Crippen LogP contribution in [0.1, 0.15) is 52.4 Å². The monoisotopic (exact) mass is 312 g/mol. The van der Waals surface area contributed by atoms with Crippen molar-refractivity contribution in [1.29, 1.82) is 0 Å². The molecule has 0 aromatic carbocycles. The maximum absolute atomic E-state index is 14.8. The standard InChI is InChI=1S/C14H31F3Si2/c1-3-5-11-19(17,12-6-4-2)13-10-18-9-7-8-14(15)16/h14H,3-13,18H2,1-2H3. The van der Waals surface area contributed by atoms with Gasteiger partial charge in [-0.1, -0.05) is 58.0 Å². The third-order valence-corrected chi connectivity index (χ3v) is 10.1. The van der Waals surface area contributed by atoms with Gasteiger partial charge in [0.15, 0.2) is 0 Å². The van der Waals surface area contributed by atoms with Gasteiger partial charge in [-0.2, -0.15) is 0 Å². The quantitative estimate of drug-likeness (QED) is 0.237. The minimum atomic E-state index is -2.49. The summed E-state index contributed by atoms with van der Waals surface area (Å²) in [6, 6.07) is 4.48. The fourth-order valence-electron chi connectivity index (χ4n) is 2.46. The molecule has 0 aromatic rings. The Hall–Kier alpha value is 0.224. The molecule has 116 valence electrons. The van der Waals surface area contributed by atoms with Crippen LogP contribution in [0.15, 0.2) is 0 Å². The number of alkyl halides is 2. The number of rotatable bonds is 13. The van der Waals surface area contributed by atoms with Gasteiger partial charge in [-0.05, 0) is 18.1 Å². The average Bonchev–Trinajstić information content (AvgIpc) is 2.38. The van der Waals surface area contributed by atoms with Gasteiger partial charge in [-0.25, -0.2) is 8.78 Å². The lowest BCUT2D eigenvalue weighted by Gasteiger charge is -2.22. The van der Waals surface area contributed by atoms with Crippen molar-refractivity contribution in [3.63, 3.8) is 0 Å². The topological polar surface area (TPSA) is 0 Å². The van der Waals surface area contributed by atoms with Gasteiger partial charge in [0.05, 0.1) is 0 Å². The first-order chi connectivity index (χ1) is 9.04. The number of halogens is 3. The van der Waals surface area contributed by atoms with E-state index in [1.807, 2.05) is 0 Å². The summed E-state index contributed by atoms with van der Waals surface area (Å²) in [5.74, 6) is 0. The minimum absolute atomic E-state index is 0.0386. The minimum Gasteiger partial charge on any atom is -0.314 e. The highest BCUT2D eigenvalue weighted by molar-refractivity contribution is 6.73. The summed E-state index contributed by atoms with van der Waals surface area (Å²) < 4.78 is 38.8. The molecule has 0 atom stereocenters. The Bertz CT molecular complexity index is 193. The lowest BCUT2D eigenvalue weighted by molar-refractivity contribution is 0.136. The summed E-state index contributed by atoms with van der Waals surface area (Å²) in [4.78, 5) is 0. The van der Waals surface area contributed by atoms with E-state index in [-0.39, 0.29) is 15.9 Å². The van der Waals surface area contributed by atoms with Crippen LogP contribution < -0.4 is 0 Å². The molecule has 0 aliphatic carbocycles. The van der Waals surface area contributed by atoms with Gasteiger partial charge in [0.1, 0.15) is 0 Å². The molecule has 0 N–H and O–H groups in total. The Labute approximate surface area is 120 Å². The van der Waals surface area contributed by atoms with E-state index in [2.05, 4.69) is 13.8 Å². The van der Waals surface area contributed by atoms with Crippen LogP contribution in [-0.4, -0.2) is 24.4 Å². The smallest absolute Gasteiger partial charge is 0.246 e. The zero-order valence-corrected chi connectivity index (χ0v) is 15.1. The second-order valence-corrected chi connectivity index (χ2v) is 11.6. The van der Waals surface area contributed by atoms with Crippen LogP contribution >= 0.6 is 0 Å². The Morgan fingerprint density at radius 1 is 0.895 bits per heavy atom. The van der Waals surface area contributed by atoms with Gasteiger partial charge in [0.25, 0.3) is 0 Å². The predicted octanol–water partition coefficient (Wildman–Crippen LogP) is 5.55. The molecule has 0 amide bonds. The zero-order valence-electron chi connectivity index (χ0n) is 12.7. The highest BCUT2D eigenvalue weighted by atomic mass is 28.4. The molecule has 0 radical (unpaired) electrons. The predicted molar refractivity (Wildman–Crippen MR) is 84.5 cm³/mol. The Morgan fingerprint density at radius 2 is 1.47 bits per heavy atom. The van der Waals surface area contributed by atoms with E-state index >= 15 is 0 Å². The molecule has 5 heteroatoms. The molecule has 0 aliphatic heterocycles. The molecule has 0 heterocycles. The van der Waals surface area contributed by atoms with Gasteiger partial charge in [-0.15, -0.1) is 0 Å². The first-order valence-corrected chi connectivity index (χ1v) is 12.5. The molecule has 0 rings (SSSR count). The third kappa shape index (κ3) is 11.7. The molecule has 0 spiro atoms. The fraction of sp³-hybridized carbons (Fsp3) is 1.00. The molecule has 0 nitrogen and oxygen atoms in total. The fourth-order valence-corrected chi connectivity index (χ4v) is 9.71. The van der Waals surface area contributed by atoms with E-state index in [1.165, 1.54) is 0 Å². The molecule has 0 bridgehead atoms. The summed E-state index contributed by atoms with van der Waals surface area (Å²) in [6.45, 7) is 4.24. The number of unbranched alkanes of at least 4 members (excludes halogenated alkanes) is 2. The Balaban J connectivity index is 3.78. The van der Waals surface area contributed by atoms with Crippen molar-refractivity contribution < 1.29 is 12.9 Å². The van der Waals surface area contributed by atoms with Crippen molar-refractivity contribution in [2.75, 3.05) is 0 Å². The average molecular weight is 313 g/mol. The van der Waals surface area contributed by atoms with Gasteiger partial charge < -0.3 is 4.11 Å². The molecule has 0 aromatic heterocycles. The highest BCUT2D eigenvalue weighted by Crippen LogP contribution is 2.29. The van der Waals surface area contributed by atoms with Gasteiger partial charge >= 0.3 is 0 Å². The summed E-state index contributed by atoms with van der Waals surface area (Å²) in [5, 5.41) is 0.